The van der Waals surface area contributed by atoms with Crippen LogP contribution in [0.1, 0.15) is 49.8 Å². The molecule has 1 aromatic carbocycles. The summed E-state index contributed by atoms with van der Waals surface area (Å²) in [6.45, 7) is 1.78. The molecular formula is C21H23F3N2O4S. The molecule has 2 heterocycles. The Morgan fingerprint density at radius 1 is 1.23 bits per heavy atom. The standard InChI is InChI=1S/C21H23F3N2O4S/c1-20(31(27,28)17-4-2-3-15(9-17)21(22,23)24)7-8-29-16(10-20)13-30-19-12-25-18(11-26-19)14-5-6-14/h2-4,9,11-12,14,16H,5-8,10,13H2,1H3. The number of aromatic nitrogens is 2. The van der Waals surface area contributed by atoms with Gasteiger partial charge in [0.25, 0.3) is 0 Å². The van der Waals surface area contributed by atoms with Gasteiger partial charge in [-0.3, -0.25) is 4.98 Å². The monoisotopic (exact) mass is 456 g/mol. The molecule has 0 bridgehead atoms. The van der Waals surface area contributed by atoms with Crippen LogP contribution >= 0.6 is 0 Å². The van der Waals surface area contributed by atoms with Crippen molar-refractivity contribution in [3.05, 3.63) is 47.9 Å². The molecule has 0 amide bonds. The lowest BCUT2D eigenvalue weighted by Crippen LogP contribution is -2.46. The Bertz CT molecular complexity index is 1040. The van der Waals surface area contributed by atoms with E-state index in [1.165, 1.54) is 12.3 Å². The van der Waals surface area contributed by atoms with Crippen LogP contribution in [0.3, 0.4) is 0 Å². The maximum atomic E-state index is 13.2. The Balaban J connectivity index is 1.45. The van der Waals surface area contributed by atoms with E-state index < -0.39 is 32.4 Å². The molecule has 1 aliphatic heterocycles. The average molecular weight is 456 g/mol. The van der Waals surface area contributed by atoms with Crippen molar-refractivity contribution in [2.75, 3.05) is 13.2 Å². The fourth-order valence-electron chi connectivity index (χ4n) is 3.73. The summed E-state index contributed by atoms with van der Waals surface area (Å²) in [7, 11) is -4.03. The highest BCUT2D eigenvalue weighted by Gasteiger charge is 2.45. The van der Waals surface area contributed by atoms with Crippen molar-refractivity contribution in [3.63, 3.8) is 0 Å². The molecule has 6 nitrogen and oxygen atoms in total. The van der Waals surface area contributed by atoms with Crippen molar-refractivity contribution in [1.82, 2.24) is 9.97 Å². The summed E-state index contributed by atoms with van der Waals surface area (Å²) in [6, 6.07) is 3.87. The van der Waals surface area contributed by atoms with E-state index in [9.17, 15) is 21.6 Å². The Hall–Kier alpha value is -2.20. The summed E-state index contributed by atoms with van der Waals surface area (Å²) >= 11 is 0. The number of benzene rings is 1. The molecule has 2 unspecified atom stereocenters. The SMILES string of the molecule is CC1(S(=O)(=O)c2cccc(C(F)(F)F)c2)CCOC(COc2cnc(C3CC3)cn2)C1. The number of halogens is 3. The van der Waals surface area contributed by atoms with Gasteiger partial charge in [0.2, 0.25) is 5.88 Å². The second-order valence-corrected chi connectivity index (χ2v) is 10.8. The van der Waals surface area contributed by atoms with Gasteiger partial charge in [-0.05, 0) is 50.8 Å². The van der Waals surface area contributed by atoms with E-state index in [4.69, 9.17) is 9.47 Å². The normalized spacial score (nSPS) is 24.7. The number of hydrogen-bond donors (Lipinski definition) is 0. The van der Waals surface area contributed by atoms with Crippen LogP contribution in [0.5, 0.6) is 5.88 Å². The Morgan fingerprint density at radius 2 is 2.00 bits per heavy atom. The zero-order valence-corrected chi connectivity index (χ0v) is 17.7. The third-order valence-electron chi connectivity index (χ3n) is 5.83. The molecule has 1 saturated heterocycles. The first kappa shape index (κ1) is 22.0. The third-order valence-corrected chi connectivity index (χ3v) is 8.37. The molecule has 2 atom stereocenters. The molecule has 1 aliphatic carbocycles. The van der Waals surface area contributed by atoms with Gasteiger partial charge in [0.1, 0.15) is 6.61 Å². The van der Waals surface area contributed by atoms with Crippen LogP contribution in [-0.2, 0) is 20.8 Å². The molecule has 2 aromatic rings. The van der Waals surface area contributed by atoms with Gasteiger partial charge in [0.15, 0.2) is 9.84 Å². The second-order valence-electron chi connectivity index (χ2n) is 8.29. The molecule has 2 aliphatic rings. The highest BCUT2D eigenvalue weighted by atomic mass is 32.2. The van der Waals surface area contributed by atoms with Crippen molar-refractivity contribution in [1.29, 1.82) is 0 Å². The van der Waals surface area contributed by atoms with E-state index in [1.807, 2.05) is 0 Å². The smallest absolute Gasteiger partial charge is 0.416 e. The summed E-state index contributed by atoms with van der Waals surface area (Å²) in [5, 5.41) is 0. The number of alkyl halides is 3. The topological polar surface area (TPSA) is 78.4 Å². The number of sulfone groups is 1. The van der Waals surface area contributed by atoms with E-state index in [0.29, 0.717) is 17.9 Å². The maximum absolute atomic E-state index is 13.2. The summed E-state index contributed by atoms with van der Waals surface area (Å²) in [4.78, 5) is 8.21. The number of nitrogens with zero attached hydrogens (tertiary/aromatic N) is 2. The lowest BCUT2D eigenvalue weighted by molar-refractivity contribution is -0.137. The Morgan fingerprint density at radius 3 is 2.65 bits per heavy atom. The molecule has 2 fully saturated rings. The van der Waals surface area contributed by atoms with Crippen LogP contribution in [0.25, 0.3) is 0 Å². The van der Waals surface area contributed by atoms with Crippen LogP contribution in [0.2, 0.25) is 0 Å². The number of hydrogen-bond acceptors (Lipinski definition) is 6. The highest BCUT2D eigenvalue weighted by Crippen LogP contribution is 2.40. The molecule has 0 N–H and O–H groups in total. The molecule has 4 rings (SSSR count). The van der Waals surface area contributed by atoms with Crippen LogP contribution in [-0.4, -0.2) is 42.5 Å². The molecule has 31 heavy (non-hydrogen) atoms. The van der Waals surface area contributed by atoms with Gasteiger partial charge in [0, 0.05) is 12.5 Å². The molecule has 10 heteroatoms. The molecular weight excluding hydrogens is 433 g/mol. The second kappa shape index (κ2) is 8.05. The van der Waals surface area contributed by atoms with Gasteiger partial charge in [-0.15, -0.1) is 0 Å². The summed E-state index contributed by atoms with van der Waals surface area (Å²) in [5.74, 6) is 0.797. The van der Waals surface area contributed by atoms with Crippen molar-refractivity contribution in [2.24, 2.45) is 0 Å². The summed E-state index contributed by atoms with van der Waals surface area (Å²) in [5.41, 5.74) is -0.0571. The van der Waals surface area contributed by atoms with Crippen LogP contribution in [0.4, 0.5) is 13.2 Å². The molecule has 168 valence electrons. The predicted molar refractivity (Wildman–Crippen MR) is 106 cm³/mol. The lowest BCUT2D eigenvalue weighted by Gasteiger charge is -2.37. The van der Waals surface area contributed by atoms with E-state index in [1.54, 1.807) is 13.1 Å². The zero-order chi connectivity index (χ0) is 22.3. The lowest BCUT2D eigenvalue weighted by atomic mass is 9.97. The molecule has 1 saturated carbocycles. The van der Waals surface area contributed by atoms with Crippen LogP contribution < -0.4 is 4.74 Å². The van der Waals surface area contributed by atoms with E-state index in [2.05, 4.69) is 9.97 Å². The van der Waals surface area contributed by atoms with Crippen molar-refractivity contribution < 1.29 is 31.1 Å². The highest BCUT2D eigenvalue weighted by molar-refractivity contribution is 7.92. The van der Waals surface area contributed by atoms with Crippen molar-refractivity contribution in [3.8, 4) is 5.88 Å². The van der Waals surface area contributed by atoms with E-state index >= 15 is 0 Å². The minimum atomic E-state index is -4.62. The minimum Gasteiger partial charge on any atom is -0.474 e. The Kier molecular flexibility index (Phi) is 5.72. The quantitative estimate of drug-likeness (QED) is 0.650. The van der Waals surface area contributed by atoms with E-state index in [0.717, 1.165) is 30.7 Å². The number of rotatable bonds is 6. The first-order valence-electron chi connectivity index (χ1n) is 10.1. The number of ether oxygens (including phenoxy) is 2. The predicted octanol–water partition coefficient (Wildman–Crippen LogP) is 4.16. The molecule has 0 radical (unpaired) electrons. The van der Waals surface area contributed by atoms with Gasteiger partial charge < -0.3 is 9.47 Å². The fourth-order valence-corrected chi connectivity index (χ4v) is 5.59. The zero-order valence-electron chi connectivity index (χ0n) is 16.9. The fraction of sp³-hybridized carbons (Fsp3) is 0.524. The first-order valence-corrected chi connectivity index (χ1v) is 11.5. The van der Waals surface area contributed by atoms with E-state index in [-0.39, 0.29) is 31.0 Å². The van der Waals surface area contributed by atoms with Gasteiger partial charge in [-0.2, -0.15) is 13.2 Å². The van der Waals surface area contributed by atoms with Gasteiger partial charge >= 0.3 is 6.18 Å². The molecule has 0 spiro atoms. The van der Waals surface area contributed by atoms with Gasteiger partial charge in [-0.1, -0.05) is 6.07 Å². The van der Waals surface area contributed by atoms with Crippen molar-refractivity contribution >= 4 is 9.84 Å². The largest absolute Gasteiger partial charge is 0.474 e. The Labute approximate surface area is 178 Å². The third kappa shape index (κ3) is 4.69. The maximum Gasteiger partial charge on any atom is 0.416 e. The van der Waals surface area contributed by atoms with Crippen LogP contribution in [0, 0.1) is 0 Å². The van der Waals surface area contributed by atoms with Crippen molar-refractivity contribution in [2.45, 2.75) is 60.4 Å². The average Bonchev–Trinajstić information content (AvgIpc) is 3.58. The minimum absolute atomic E-state index is 0.0746. The first-order chi connectivity index (χ1) is 14.6. The van der Waals surface area contributed by atoms with Gasteiger partial charge in [0.05, 0.1) is 39.4 Å². The van der Waals surface area contributed by atoms with Gasteiger partial charge in [-0.25, -0.2) is 13.4 Å². The molecule has 1 aromatic heterocycles. The van der Waals surface area contributed by atoms with Crippen LogP contribution in [0.15, 0.2) is 41.6 Å². The summed E-state index contributed by atoms with van der Waals surface area (Å²) in [6.07, 6.45) is 0.565. The summed E-state index contributed by atoms with van der Waals surface area (Å²) < 4.78 is 75.6.